The number of aromatic nitrogens is 2. The van der Waals surface area contributed by atoms with E-state index in [2.05, 4.69) is 37.7 Å². The predicted octanol–water partition coefficient (Wildman–Crippen LogP) is 6.98. The molecule has 0 aliphatic carbocycles. The molecule has 29 heavy (non-hydrogen) atoms. The number of hydrogen-bond donors (Lipinski definition) is 0. The highest BCUT2D eigenvalue weighted by Crippen LogP contribution is 2.22. The molecule has 4 heteroatoms. The Hall–Kier alpha value is -1.94. The van der Waals surface area contributed by atoms with E-state index >= 15 is 0 Å². The Morgan fingerprint density at radius 3 is 2.14 bits per heavy atom. The van der Waals surface area contributed by atoms with E-state index in [1.807, 2.05) is 36.7 Å². The Kier molecular flexibility index (Phi) is 10.7. The van der Waals surface area contributed by atoms with Gasteiger partial charge in [0.1, 0.15) is 5.75 Å². The van der Waals surface area contributed by atoms with Crippen LogP contribution < -0.4 is 4.74 Å². The molecule has 0 amide bonds. The smallest absolute Gasteiger partial charge is 0.200 e. The minimum absolute atomic E-state index is 0.198. The SMILES string of the molecule is CCCCCCc1cnc(-c2ccc(O[C@@H](CCC)O[C@@H](C)CCC)cc2)nc1. The Bertz CT molecular complexity index is 670. The zero-order chi connectivity index (χ0) is 20.9. The molecule has 160 valence electrons. The second-order valence-corrected chi connectivity index (χ2v) is 7.82. The summed E-state index contributed by atoms with van der Waals surface area (Å²) in [5.74, 6) is 1.58. The molecule has 0 unspecified atom stereocenters. The molecule has 0 radical (unpaired) electrons. The lowest BCUT2D eigenvalue weighted by atomic mass is 10.1. The van der Waals surface area contributed by atoms with E-state index in [-0.39, 0.29) is 12.4 Å². The summed E-state index contributed by atoms with van der Waals surface area (Å²) in [5, 5.41) is 0. The van der Waals surface area contributed by atoms with Gasteiger partial charge in [0.05, 0.1) is 6.10 Å². The first-order valence-electron chi connectivity index (χ1n) is 11.4. The Morgan fingerprint density at radius 2 is 1.52 bits per heavy atom. The normalized spacial score (nSPS) is 13.2. The van der Waals surface area contributed by atoms with Gasteiger partial charge in [-0.3, -0.25) is 0 Å². The minimum Gasteiger partial charge on any atom is -0.465 e. The zero-order valence-corrected chi connectivity index (χ0v) is 18.7. The maximum Gasteiger partial charge on any atom is 0.200 e. The summed E-state index contributed by atoms with van der Waals surface area (Å²) in [6.45, 7) is 8.68. The average Bonchev–Trinajstić information content (AvgIpc) is 2.73. The van der Waals surface area contributed by atoms with Crippen molar-refractivity contribution in [3.8, 4) is 17.1 Å². The molecule has 4 nitrogen and oxygen atoms in total. The minimum atomic E-state index is -0.198. The van der Waals surface area contributed by atoms with Crippen molar-refractivity contribution in [2.24, 2.45) is 0 Å². The van der Waals surface area contributed by atoms with Crippen molar-refractivity contribution in [3.05, 3.63) is 42.2 Å². The maximum atomic E-state index is 6.08. The Labute approximate surface area is 177 Å². The number of aryl methyl sites for hydroxylation is 1. The molecule has 1 aromatic heterocycles. The first-order valence-corrected chi connectivity index (χ1v) is 11.4. The maximum absolute atomic E-state index is 6.08. The number of nitrogens with zero attached hydrogens (tertiary/aromatic N) is 2. The summed E-state index contributed by atoms with van der Waals surface area (Å²) in [4.78, 5) is 9.10. The summed E-state index contributed by atoms with van der Waals surface area (Å²) in [6.07, 6.45) is 14.1. The van der Waals surface area contributed by atoms with Gasteiger partial charge in [0.15, 0.2) is 12.1 Å². The standard InChI is InChI=1S/C25H38N2O2/c1-5-8-9-10-13-21-18-26-25(27-19-21)22-14-16-23(17-15-22)29-24(12-7-3)28-20(4)11-6-2/h14-20,24H,5-13H2,1-4H3/t20-,24-/m0/s1. The van der Waals surface area contributed by atoms with Crippen LogP contribution in [0.4, 0.5) is 0 Å². The van der Waals surface area contributed by atoms with E-state index in [0.717, 1.165) is 49.2 Å². The van der Waals surface area contributed by atoms with E-state index in [9.17, 15) is 0 Å². The van der Waals surface area contributed by atoms with Crippen molar-refractivity contribution in [2.75, 3.05) is 0 Å². The summed E-state index contributed by atoms with van der Waals surface area (Å²) >= 11 is 0. The van der Waals surface area contributed by atoms with Crippen molar-refractivity contribution >= 4 is 0 Å². The lowest BCUT2D eigenvalue weighted by Crippen LogP contribution is -2.25. The number of ether oxygens (including phenoxy) is 2. The third kappa shape index (κ3) is 8.53. The fourth-order valence-electron chi connectivity index (χ4n) is 3.35. The lowest BCUT2D eigenvalue weighted by molar-refractivity contribution is -0.119. The van der Waals surface area contributed by atoms with E-state index in [1.165, 1.54) is 31.2 Å². The van der Waals surface area contributed by atoms with Crippen LogP contribution in [0.1, 0.15) is 84.6 Å². The monoisotopic (exact) mass is 398 g/mol. The predicted molar refractivity (Wildman–Crippen MR) is 120 cm³/mol. The summed E-state index contributed by atoms with van der Waals surface area (Å²) in [5.41, 5.74) is 2.22. The van der Waals surface area contributed by atoms with Crippen LogP contribution in [0.15, 0.2) is 36.7 Å². The molecule has 0 aliphatic rings. The summed E-state index contributed by atoms with van der Waals surface area (Å²) < 4.78 is 12.1. The number of hydrogen-bond acceptors (Lipinski definition) is 4. The largest absolute Gasteiger partial charge is 0.465 e. The molecule has 1 heterocycles. The molecular weight excluding hydrogens is 360 g/mol. The Morgan fingerprint density at radius 1 is 0.828 bits per heavy atom. The molecule has 0 saturated carbocycles. The molecular formula is C25H38N2O2. The average molecular weight is 399 g/mol. The topological polar surface area (TPSA) is 44.2 Å². The molecule has 0 aliphatic heterocycles. The van der Waals surface area contributed by atoms with Crippen LogP contribution in [-0.4, -0.2) is 22.4 Å². The van der Waals surface area contributed by atoms with Crippen molar-refractivity contribution in [1.29, 1.82) is 0 Å². The van der Waals surface area contributed by atoms with Crippen LogP contribution in [0, 0.1) is 0 Å². The van der Waals surface area contributed by atoms with Gasteiger partial charge in [-0.1, -0.05) is 52.9 Å². The van der Waals surface area contributed by atoms with E-state index in [0.29, 0.717) is 0 Å². The van der Waals surface area contributed by atoms with Crippen molar-refractivity contribution in [3.63, 3.8) is 0 Å². The van der Waals surface area contributed by atoms with E-state index < -0.39 is 0 Å². The molecule has 0 saturated heterocycles. The molecule has 0 bridgehead atoms. The quantitative estimate of drug-likeness (QED) is 0.254. The molecule has 2 atom stereocenters. The van der Waals surface area contributed by atoms with Gasteiger partial charge in [0.25, 0.3) is 0 Å². The van der Waals surface area contributed by atoms with Gasteiger partial charge in [-0.2, -0.15) is 0 Å². The van der Waals surface area contributed by atoms with Crippen LogP contribution >= 0.6 is 0 Å². The number of benzene rings is 1. The fourth-order valence-corrected chi connectivity index (χ4v) is 3.35. The molecule has 0 spiro atoms. The fraction of sp³-hybridized carbons (Fsp3) is 0.600. The highest BCUT2D eigenvalue weighted by molar-refractivity contribution is 5.55. The second kappa shape index (κ2) is 13.3. The van der Waals surface area contributed by atoms with Crippen molar-refractivity contribution < 1.29 is 9.47 Å². The van der Waals surface area contributed by atoms with Crippen LogP contribution in [0.2, 0.25) is 0 Å². The third-order valence-corrected chi connectivity index (χ3v) is 5.01. The Balaban J connectivity index is 1.92. The zero-order valence-electron chi connectivity index (χ0n) is 18.7. The van der Waals surface area contributed by atoms with Crippen molar-refractivity contribution in [2.45, 2.75) is 97.9 Å². The van der Waals surface area contributed by atoms with Crippen LogP contribution in [0.5, 0.6) is 5.75 Å². The van der Waals surface area contributed by atoms with E-state index in [4.69, 9.17) is 9.47 Å². The van der Waals surface area contributed by atoms with Gasteiger partial charge in [-0.05, 0) is 56.0 Å². The number of unbranched alkanes of at least 4 members (excludes halogenated alkanes) is 3. The van der Waals surface area contributed by atoms with Gasteiger partial charge in [0, 0.05) is 24.4 Å². The van der Waals surface area contributed by atoms with Crippen LogP contribution in [0.25, 0.3) is 11.4 Å². The highest BCUT2D eigenvalue weighted by Gasteiger charge is 2.14. The molecule has 2 rings (SSSR count). The molecule has 1 aromatic carbocycles. The van der Waals surface area contributed by atoms with Gasteiger partial charge >= 0.3 is 0 Å². The summed E-state index contributed by atoms with van der Waals surface area (Å²) in [6, 6.07) is 8.00. The third-order valence-electron chi connectivity index (χ3n) is 5.01. The van der Waals surface area contributed by atoms with E-state index in [1.54, 1.807) is 0 Å². The van der Waals surface area contributed by atoms with Gasteiger partial charge < -0.3 is 9.47 Å². The molecule has 0 N–H and O–H groups in total. The van der Waals surface area contributed by atoms with Crippen LogP contribution in [0.3, 0.4) is 0 Å². The second-order valence-electron chi connectivity index (χ2n) is 7.82. The summed E-state index contributed by atoms with van der Waals surface area (Å²) in [7, 11) is 0. The van der Waals surface area contributed by atoms with Crippen molar-refractivity contribution in [1.82, 2.24) is 9.97 Å². The highest BCUT2D eigenvalue weighted by atomic mass is 16.7. The van der Waals surface area contributed by atoms with Gasteiger partial charge in [0.2, 0.25) is 0 Å². The lowest BCUT2D eigenvalue weighted by Gasteiger charge is -2.23. The van der Waals surface area contributed by atoms with Gasteiger partial charge in [-0.15, -0.1) is 0 Å². The first kappa shape index (κ1) is 23.3. The number of rotatable bonds is 14. The first-order chi connectivity index (χ1) is 14.2. The van der Waals surface area contributed by atoms with Crippen LogP contribution in [-0.2, 0) is 11.2 Å². The molecule has 2 aromatic rings. The molecule has 0 fully saturated rings. The van der Waals surface area contributed by atoms with Gasteiger partial charge in [-0.25, -0.2) is 9.97 Å².